The molecule has 3 fully saturated rings. The molecular weight excluding hydrogens is 481 g/mol. The van der Waals surface area contributed by atoms with Crippen LogP contribution in [0.1, 0.15) is 23.0 Å². The third-order valence-electron chi connectivity index (χ3n) is 7.60. The number of methoxy groups -OCH3 is 1. The summed E-state index contributed by atoms with van der Waals surface area (Å²) in [6.45, 7) is 1.76. The first-order valence-electron chi connectivity index (χ1n) is 11.0. The lowest BCUT2D eigenvalue weighted by Gasteiger charge is -2.70. The quantitative estimate of drug-likeness (QED) is 0.603. The number of nitrogens with one attached hydrogen (secondary N) is 1. The van der Waals surface area contributed by atoms with Crippen molar-refractivity contribution in [2.24, 2.45) is 16.1 Å². The van der Waals surface area contributed by atoms with Crippen LogP contribution in [0.4, 0.5) is 4.39 Å². The molecule has 6 rings (SSSR count). The number of ether oxygens (including phenoxy) is 2. The third kappa shape index (κ3) is 3.09. The number of thiazole rings is 1. The van der Waals surface area contributed by atoms with E-state index in [0.717, 1.165) is 6.42 Å². The van der Waals surface area contributed by atoms with Crippen molar-refractivity contribution in [2.75, 3.05) is 26.9 Å². The normalized spacial score (nSPS) is 32.2. The Morgan fingerprint density at radius 2 is 2.32 bits per heavy atom. The molecule has 3 aliphatic heterocycles. The van der Waals surface area contributed by atoms with Crippen molar-refractivity contribution in [1.29, 1.82) is 0 Å². The summed E-state index contributed by atoms with van der Waals surface area (Å²) in [5.74, 6) is -0.451. The standard InChI is InChI=1S/C23H23ClFN5O3S/c1-32-22(31)18-14(8-30-16-7-15(26)23(16)10-33-9-17(23)30)28-20(21-27-4-5-34-21)29-19(18)12-3-2-11(25)6-13(12)24/h2-6,15-17,19H,7-10,26H2,1H3,(H,28,29)/t15-,16+,17?,19-,23?/m0/s1. The highest BCUT2D eigenvalue weighted by Crippen LogP contribution is 2.60. The van der Waals surface area contributed by atoms with Crippen LogP contribution in [0.5, 0.6) is 0 Å². The lowest BCUT2D eigenvalue weighted by atomic mass is 9.50. The van der Waals surface area contributed by atoms with Crippen molar-refractivity contribution in [2.45, 2.75) is 30.6 Å². The zero-order valence-corrected chi connectivity index (χ0v) is 19.9. The van der Waals surface area contributed by atoms with Gasteiger partial charge in [-0.05, 0) is 18.6 Å². The molecule has 3 N–H and O–H groups in total. The van der Waals surface area contributed by atoms with Crippen LogP contribution in [0.3, 0.4) is 0 Å². The number of carbonyl (C=O) groups excluding carboxylic acids is 1. The summed E-state index contributed by atoms with van der Waals surface area (Å²) < 4.78 is 24.8. The Labute approximate surface area is 204 Å². The summed E-state index contributed by atoms with van der Waals surface area (Å²) in [5, 5.41) is 6.07. The molecule has 4 aliphatic rings. The summed E-state index contributed by atoms with van der Waals surface area (Å²) >= 11 is 7.85. The minimum absolute atomic E-state index is 0.00650. The van der Waals surface area contributed by atoms with Crippen LogP contribution in [-0.4, -0.2) is 66.7 Å². The van der Waals surface area contributed by atoms with E-state index in [2.05, 4.69) is 15.2 Å². The number of carbonyl (C=O) groups is 1. The summed E-state index contributed by atoms with van der Waals surface area (Å²) in [6.07, 6.45) is 2.58. The Morgan fingerprint density at radius 3 is 3.03 bits per heavy atom. The number of likely N-dealkylation sites (tertiary alicyclic amines) is 1. The Morgan fingerprint density at radius 1 is 1.47 bits per heavy atom. The van der Waals surface area contributed by atoms with Crippen molar-refractivity contribution in [3.8, 4) is 0 Å². The topological polar surface area (TPSA) is 102 Å². The molecule has 1 aliphatic carbocycles. The number of nitrogens with zero attached hydrogens (tertiary/aromatic N) is 3. The maximum atomic E-state index is 13.8. The second-order valence-electron chi connectivity index (χ2n) is 9.07. The molecule has 11 heteroatoms. The number of aromatic nitrogens is 1. The summed E-state index contributed by atoms with van der Waals surface area (Å²) in [4.78, 5) is 24.6. The molecule has 1 aromatic carbocycles. The van der Waals surface area contributed by atoms with E-state index in [1.165, 1.54) is 30.6 Å². The van der Waals surface area contributed by atoms with Crippen LogP contribution in [0.15, 0.2) is 46.0 Å². The highest BCUT2D eigenvalue weighted by atomic mass is 35.5. The average Bonchev–Trinajstić information content (AvgIpc) is 3.50. The number of amidine groups is 1. The minimum Gasteiger partial charge on any atom is -0.466 e. The van der Waals surface area contributed by atoms with Gasteiger partial charge in [0.25, 0.3) is 0 Å². The van der Waals surface area contributed by atoms with Crippen molar-refractivity contribution in [1.82, 2.24) is 15.2 Å². The highest BCUT2D eigenvalue weighted by molar-refractivity contribution is 7.11. The number of aliphatic imine (C=N–C) groups is 1. The van der Waals surface area contributed by atoms with Gasteiger partial charge in [-0.3, -0.25) is 9.89 Å². The van der Waals surface area contributed by atoms with E-state index in [1.54, 1.807) is 12.3 Å². The Balaban J connectivity index is 1.43. The molecule has 5 atom stereocenters. The summed E-state index contributed by atoms with van der Waals surface area (Å²) in [5.41, 5.74) is 7.90. The highest BCUT2D eigenvalue weighted by Gasteiger charge is 2.72. The molecule has 0 amide bonds. The van der Waals surface area contributed by atoms with Crippen LogP contribution >= 0.6 is 22.9 Å². The van der Waals surface area contributed by atoms with E-state index in [1.807, 2.05) is 5.38 Å². The fourth-order valence-electron chi connectivity index (χ4n) is 5.89. The smallest absolute Gasteiger partial charge is 0.338 e. The Hall–Kier alpha value is -2.37. The molecule has 178 valence electrons. The molecule has 2 aromatic rings. The second kappa shape index (κ2) is 8.10. The van der Waals surface area contributed by atoms with Gasteiger partial charge in [-0.2, -0.15) is 0 Å². The van der Waals surface area contributed by atoms with Crippen LogP contribution in [0, 0.1) is 11.2 Å². The first-order valence-corrected chi connectivity index (χ1v) is 12.3. The number of hydrogen-bond donors (Lipinski definition) is 2. The van der Waals surface area contributed by atoms with Crippen LogP contribution < -0.4 is 11.1 Å². The van der Waals surface area contributed by atoms with Gasteiger partial charge in [-0.25, -0.2) is 14.2 Å². The number of rotatable bonds is 5. The van der Waals surface area contributed by atoms with Crippen LogP contribution in [-0.2, 0) is 14.3 Å². The van der Waals surface area contributed by atoms with E-state index >= 15 is 0 Å². The van der Waals surface area contributed by atoms with Gasteiger partial charge in [0.05, 0.1) is 25.9 Å². The first kappa shape index (κ1) is 22.1. The van der Waals surface area contributed by atoms with E-state index < -0.39 is 17.8 Å². The number of benzene rings is 1. The van der Waals surface area contributed by atoms with Crippen LogP contribution in [0.2, 0.25) is 5.02 Å². The predicted molar refractivity (Wildman–Crippen MR) is 125 cm³/mol. The van der Waals surface area contributed by atoms with E-state index in [4.69, 9.17) is 31.8 Å². The fraction of sp³-hybridized carbons (Fsp3) is 0.435. The molecule has 0 radical (unpaired) electrons. The third-order valence-corrected chi connectivity index (χ3v) is 8.71. The number of nitrogens with two attached hydrogens (primary N) is 1. The molecule has 34 heavy (non-hydrogen) atoms. The Kier molecular flexibility index (Phi) is 5.27. The average molecular weight is 504 g/mol. The van der Waals surface area contributed by atoms with Crippen molar-refractivity contribution in [3.63, 3.8) is 0 Å². The van der Waals surface area contributed by atoms with Gasteiger partial charge >= 0.3 is 5.97 Å². The molecule has 4 heterocycles. The number of halogens is 2. The maximum Gasteiger partial charge on any atom is 0.338 e. The molecular formula is C23H23ClFN5O3S. The molecule has 0 bridgehead atoms. The zero-order chi connectivity index (χ0) is 23.6. The van der Waals surface area contributed by atoms with Gasteiger partial charge in [-0.15, -0.1) is 11.3 Å². The van der Waals surface area contributed by atoms with E-state index in [9.17, 15) is 9.18 Å². The molecule has 1 spiro atoms. The first-order chi connectivity index (χ1) is 16.4. The second-order valence-corrected chi connectivity index (χ2v) is 10.4. The molecule has 2 saturated heterocycles. The number of piperidine rings is 1. The van der Waals surface area contributed by atoms with Gasteiger partial charge in [0.15, 0.2) is 10.8 Å². The van der Waals surface area contributed by atoms with E-state index in [0.29, 0.717) is 53.5 Å². The van der Waals surface area contributed by atoms with Crippen molar-refractivity contribution >= 4 is 34.7 Å². The van der Waals surface area contributed by atoms with Gasteiger partial charge in [0.1, 0.15) is 11.9 Å². The van der Waals surface area contributed by atoms with Gasteiger partial charge in [0.2, 0.25) is 0 Å². The van der Waals surface area contributed by atoms with Crippen molar-refractivity contribution < 1.29 is 18.7 Å². The molecule has 2 unspecified atom stereocenters. The summed E-state index contributed by atoms with van der Waals surface area (Å²) in [7, 11) is 1.33. The summed E-state index contributed by atoms with van der Waals surface area (Å²) in [6, 6.07) is 3.95. The monoisotopic (exact) mass is 503 g/mol. The maximum absolute atomic E-state index is 13.8. The molecule has 1 aromatic heterocycles. The van der Waals surface area contributed by atoms with Crippen molar-refractivity contribution in [3.05, 3.63) is 62.5 Å². The fourth-order valence-corrected chi connectivity index (χ4v) is 6.75. The lowest BCUT2D eigenvalue weighted by Crippen LogP contribution is -2.84. The van der Waals surface area contributed by atoms with Gasteiger partial charge in [0, 0.05) is 57.9 Å². The van der Waals surface area contributed by atoms with E-state index in [-0.39, 0.29) is 22.5 Å². The number of hydrogen-bond acceptors (Lipinski definition) is 9. The van der Waals surface area contributed by atoms with Gasteiger partial charge in [-0.1, -0.05) is 17.7 Å². The number of esters is 1. The van der Waals surface area contributed by atoms with Crippen LogP contribution in [0.25, 0.3) is 0 Å². The predicted octanol–water partition coefficient (Wildman–Crippen LogP) is 2.25. The molecule has 1 saturated carbocycles. The largest absolute Gasteiger partial charge is 0.466 e. The Bertz CT molecular complexity index is 1220. The lowest BCUT2D eigenvalue weighted by molar-refractivity contribution is -0.188. The molecule has 8 nitrogen and oxygen atoms in total. The van der Waals surface area contributed by atoms with Gasteiger partial charge < -0.3 is 20.5 Å². The SMILES string of the molecule is COC(=O)C1=C(CN2C3COCC34[C@@H](N)C[C@@H]24)NC(c2nccs2)=N[C@H]1c1ccc(F)cc1Cl. The zero-order valence-electron chi connectivity index (χ0n) is 18.3. The minimum atomic E-state index is -0.773.